The van der Waals surface area contributed by atoms with Gasteiger partial charge in [0, 0.05) is 20.0 Å². The van der Waals surface area contributed by atoms with Crippen LogP contribution in [0.15, 0.2) is 6.33 Å². The summed E-state index contributed by atoms with van der Waals surface area (Å²) in [5, 5.41) is 14.3. The van der Waals surface area contributed by atoms with Gasteiger partial charge in [-0.15, -0.1) is 0 Å². The molecule has 0 spiro atoms. The van der Waals surface area contributed by atoms with Gasteiger partial charge in [0.25, 0.3) is 0 Å². The Labute approximate surface area is 106 Å². The van der Waals surface area contributed by atoms with Gasteiger partial charge in [-0.1, -0.05) is 13.8 Å². The van der Waals surface area contributed by atoms with Gasteiger partial charge in [-0.05, 0) is 5.92 Å². The predicted octanol–water partition coefficient (Wildman–Crippen LogP) is 0.898. The summed E-state index contributed by atoms with van der Waals surface area (Å²) in [6.45, 7) is 4.89. The standard InChI is InChI=1S/C11H19N7/c1-7(2)10-9(12)11(18(3)17-10)13-5-4-8-14-6-15-16-8/h6-7,13H,4-5,12H2,1-3H3,(H,14,15,16). The lowest BCUT2D eigenvalue weighted by molar-refractivity contribution is 0.714. The van der Waals surface area contributed by atoms with Crippen LogP contribution in [0.3, 0.4) is 0 Å². The normalized spacial score (nSPS) is 11.1. The molecule has 0 aliphatic carbocycles. The minimum absolute atomic E-state index is 0.320. The van der Waals surface area contributed by atoms with Gasteiger partial charge in [0.15, 0.2) is 0 Å². The first kappa shape index (κ1) is 12.4. The first-order chi connectivity index (χ1) is 8.59. The zero-order valence-corrected chi connectivity index (χ0v) is 10.9. The van der Waals surface area contributed by atoms with Gasteiger partial charge in [-0.25, -0.2) is 4.98 Å². The average molecular weight is 249 g/mol. The first-order valence-corrected chi connectivity index (χ1v) is 6.00. The van der Waals surface area contributed by atoms with E-state index in [0.717, 1.165) is 36.0 Å². The Hall–Kier alpha value is -2.05. The van der Waals surface area contributed by atoms with Crippen LogP contribution in [-0.4, -0.2) is 31.5 Å². The van der Waals surface area contributed by atoms with E-state index in [1.54, 1.807) is 4.68 Å². The van der Waals surface area contributed by atoms with Gasteiger partial charge in [-0.3, -0.25) is 9.78 Å². The number of nitrogen functional groups attached to an aromatic ring is 1. The molecule has 98 valence electrons. The van der Waals surface area contributed by atoms with Crippen molar-refractivity contribution in [1.82, 2.24) is 25.0 Å². The van der Waals surface area contributed by atoms with Crippen molar-refractivity contribution in [3.05, 3.63) is 17.8 Å². The van der Waals surface area contributed by atoms with E-state index in [1.807, 2.05) is 7.05 Å². The van der Waals surface area contributed by atoms with E-state index in [-0.39, 0.29) is 0 Å². The Morgan fingerprint density at radius 1 is 1.50 bits per heavy atom. The van der Waals surface area contributed by atoms with E-state index in [4.69, 9.17) is 5.73 Å². The highest BCUT2D eigenvalue weighted by molar-refractivity contribution is 5.65. The molecule has 0 aliphatic heterocycles. The molecule has 2 aromatic rings. The average Bonchev–Trinajstić information content (AvgIpc) is 2.91. The van der Waals surface area contributed by atoms with E-state index >= 15 is 0 Å². The van der Waals surface area contributed by atoms with Crippen LogP contribution in [0.5, 0.6) is 0 Å². The number of hydrogen-bond acceptors (Lipinski definition) is 5. The number of rotatable bonds is 5. The Balaban J connectivity index is 2.01. The summed E-state index contributed by atoms with van der Waals surface area (Å²) < 4.78 is 1.78. The zero-order valence-electron chi connectivity index (χ0n) is 10.9. The Morgan fingerprint density at radius 2 is 2.28 bits per heavy atom. The fourth-order valence-corrected chi connectivity index (χ4v) is 1.85. The number of aryl methyl sites for hydroxylation is 1. The highest BCUT2D eigenvalue weighted by atomic mass is 15.3. The van der Waals surface area contributed by atoms with Crippen LogP contribution in [0, 0.1) is 0 Å². The first-order valence-electron chi connectivity index (χ1n) is 6.00. The Kier molecular flexibility index (Phi) is 3.50. The Morgan fingerprint density at radius 3 is 2.83 bits per heavy atom. The number of aromatic amines is 1. The second kappa shape index (κ2) is 5.07. The molecule has 0 unspecified atom stereocenters. The molecule has 0 fully saturated rings. The number of nitrogens with one attached hydrogen (secondary N) is 2. The number of H-pyrrole nitrogens is 1. The minimum atomic E-state index is 0.320. The summed E-state index contributed by atoms with van der Waals surface area (Å²) in [5.74, 6) is 2.03. The van der Waals surface area contributed by atoms with Gasteiger partial charge in [0.1, 0.15) is 18.0 Å². The monoisotopic (exact) mass is 249 g/mol. The third-order valence-corrected chi connectivity index (χ3v) is 2.78. The summed E-state index contributed by atoms with van der Waals surface area (Å²) in [6, 6.07) is 0. The fourth-order valence-electron chi connectivity index (χ4n) is 1.85. The summed E-state index contributed by atoms with van der Waals surface area (Å²) in [4.78, 5) is 4.07. The van der Waals surface area contributed by atoms with Crippen LogP contribution in [0.4, 0.5) is 11.5 Å². The summed E-state index contributed by atoms with van der Waals surface area (Å²) in [7, 11) is 1.89. The van der Waals surface area contributed by atoms with Crippen LogP contribution in [-0.2, 0) is 13.5 Å². The molecule has 2 aromatic heterocycles. The molecule has 0 saturated carbocycles. The number of nitrogens with zero attached hydrogens (tertiary/aromatic N) is 4. The minimum Gasteiger partial charge on any atom is -0.394 e. The maximum atomic E-state index is 6.08. The highest BCUT2D eigenvalue weighted by Gasteiger charge is 2.15. The maximum Gasteiger partial charge on any atom is 0.147 e. The molecule has 2 rings (SSSR count). The van der Waals surface area contributed by atoms with Gasteiger partial charge < -0.3 is 11.1 Å². The predicted molar refractivity (Wildman–Crippen MR) is 70.3 cm³/mol. The van der Waals surface area contributed by atoms with Crippen LogP contribution in [0.2, 0.25) is 0 Å². The molecule has 2 heterocycles. The van der Waals surface area contributed by atoms with Crippen molar-refractivity contribution in [1.29, 1.82) is 0 Å². The van der Waals surface area contributed by atoms with Gasteiger partial charge in [0.05, 0.1) is 11.4 Å². The van der Waals surface area contributed by atoms with E-state index in [1.165, 1.54) is 6.33 Å². The topological polar surface area (TPSA) is 97.4 Å². The molecule has 18 heavy (non-hydrogen) atoms. The van der Waals surface area contributed by atoms with E-state index in [0.29, 0.717) is 5.92 Å². The van der Waals surface area contributed by atoms with Crippen molar-refractivity contribution in [3.63, 3.8) is 0 Å². The third kappa shape index (κ3) is 2.44. The molecule has 7 nitrogen and oxygen atoms in total. The second-order valence-corrected chi connectivity index (χ2v) is 4.53. The molecule has 0 aliphatic rings. The molecule has 4 N–H and O–H groups in total. The lowest BCUT2D eigenvalue weighted by Gasteiger charge is -2.06. The van der Waals surface area contributed by atoms with Crippen molar-refractivity contribution in [3.8, 4) is 0 Å². The van der Waals surface area contributed by atoms with Crippen molar-refractivity contribution in [2.24, 2.45) is 7.05 Å². The summed E-state index contributed by atoms with van der Waals surface area (Å²) in [6.07, 6.45) is 2.27. The van der Waals surface area contributed by atoms with Crippen LogP contribution < -0.4 is 11.1 Å². The zero-order chi connectivity index (χ0) is 13.1. The molecule has 0 radical (unpaired) electrons. The van der Waals surface area contributed by atoms with Crippen molar-refractivity contribution in [2.75, 3.05) is 17.6 Å². The molecule has 0 atom stereocenters. The van der Waals surface area contributed by atoms with Crippen LogP contribution >= 0.6 is 0 Å². The molecule has 0 aromatic carbocycles. The van der Waals surface area contributed by atoms with Crippen LogP contribution in [0.1, 0.15) is 31.3 Å². The molecule has 0 amide bonds. The molecular weight excluding hydrogens is 230 g/mol. The SMILES string of the molecule is CC(C)c1nn(C)c(NCCc2ncn[nH]2)c1N. The molecule has 7 heteroatoms. The van der Waals surface area contributed by atoms with E-state index in [2.05, 4.69) is 39.4 Å². The smallest absolute Gasteiger partial charge is 0.147 e. The van der Waals surface area contributed by atoms with Crippen molar-refractivity contribution >= 4 is 11.5 Å². The number of nitrogens with two attached hydrogens (primary N) is 1. The molecular formula is C11H19N7. The highest BCUT2D eigenvalue weighted by Crippen LogP contribution is 2.27. The molecule has 0 saturated heterocycles. The third-order valence-electron chi connectivity index (χ3n) is 2.78. The fraction of sp³-hybridized carbons (Fsp3) is 0.545. The van der Waals surface area contributed by atoms with Crippen molar-refractivity contribution < 1.29 is 0 Å². The van der Waals surface area contributed by atoms with Crippen molar-refractivity contribution in [2.45, 2.75) is 26.2 Å². The van der Waals surface area contributed by atoms with Gasteiger partial charge in [0.2, 0.25) is 0 Å². The van der Waals surface area contributed by atoms with Crippen LogP contribution in [0.25, 0.3) is 0 Å². The van der Waals surface area contributed by atoms with E-state index < -0.39 is 0 Å². The van der Waals surface area contributed by atoms with Gasteiger partial charge in [-0.2, -0.15) is 10.2 Å². The quantitative estimate of drug-likeness (QED) is 0.731. The Bertz CT molecular complexity index is 498. The lowest BCUT2D eigenvalue weighted by Crippen LogP contribution is -2.10. The largest absolute Gasteiger partial charge is 0.394 e. The summed E-state index contributed by atoms with van der Waals surface area (Å²) >= 11 is 0. The van der Waals surface area contributed by atoms with Gasteiger partial charge >= 0.3 is 0 Å². The maximum absolute atomic E-state index is 6.08. The summed E-state index contributed by atoms with van der Waals surface area (Å²) in [5.41, 5.74) is 7.74. The lowest BCUT2D eigenvalue weighted by atomic mass is 10.1. The van der Waals surface area contributed by atoms with E-state index in [9.17, 15) is 0 Å². The number of hydrogen-bond donors (Lipinski definition) is 3. The number of aromatic nitrogens is 5. The second-order valence-electron chi connectivity index (χ2n) is 4.53. The molecule has 0 bridgehead atoms. The number of anilines is 2.